The van der Waals surface area contributed by atoms with Gasteiger partial charge in [0.25, 0.3) is 5.91 Å². The van der Waals surface area contributed by atoms with Crippen molar-refractivity contribution in [3.63, 3.8) is 0 Å². The second kappa shape index (κ2) is 9.46. The van der Waals surface area contributed by atoms with Crippen molar-refractivity contribution >= 4 is 56.4 Å². The van der Waals surface area contributed by atoms with E-state index in [2.05, 4.69) is 25.9 Å². The number of amides is 2. The summed E-state index contributed by atoms with van der Waals surface area (Å²) in [7, 11) is 0. The molecule has 0 spiro atoms. The minimum Gasteiger partial charge on any atom is -0.481 e. The Hall–Kier alpha value is -3.31. The molecule has 0 aliphatic carbocycles. The van der Waals surface area contributed by atoms with Crippen molar-refractivity contribution in [3.8, 4) is 10.6 Å². The summed E-state index contributed by atoms with van der Waals surface area (Å²) in [6.45, 7) is 3.38. The van der Waals surface area contributed by atoms with Crippen LogP contribution in [0.2, 0.25) is 0 Å². The van der Waals surface area contributed by atoms with Gasteiger partial charge in [-0.1, -0.05) is 11.3 Å². The molecule has 0 saturated heterocycles. The molecule has 30 heavy (non-hydrogen) atoms. The molecule has 2 aromatic heterocycles. The van der Waals surface area contributed by atoms with E-state index >= 15 is 0 Å². The average Bonchev–Trinajstić information content (AvgIpc) is 3.27. The van der Waals surface area contributed by atoms with Crippen LogP contribution in [0.25, 0.3) is 10.6 Å². The number of anilines is 3. The lowest BCUT2D eigenvalue weighted by molar-refractivity contribution is -0.136. The molecule has 156 valence electrons. The molecular formula is C19H19N5O4S2. The number of carboxylic acids is 1. The monoisotopic (exact) mass is 445 g/mol. The first-order chi connectivity index (χ1) is 14.3. The van der Waals surface area contributed by atoms with Crippen LogP contribution >= 0.6 is 22.7 Å². The molecule has 11 heteroatoms. The quantitative estimate of drug-likeness (QED) is 0.417. The number of rotatable bonds is 8. The van der Waals surface area contributed by atoms with Gasteiger partial charge in [-0.2, -0.15) is 0 Å². The molecule has 9 nitrogen and oxygen atoms in total. The maximum Gasteiger partial charge on any atom is 0.305 e. The molecule has 2 heterocycles. The SMILES string of the molecule is CC(=O)Nc1nc(C)c(-c2csc(Nc3ccc(C(=O)NCCC(=O)O)cc3)n2)s1. The van der Waals surface area contributed by atoms with E-state index in [0.717, 1.165) is 22.0 Å². The second-order valence-electron chi connectivity index (χ2n) is 6.25. The molecule has 4 N–H and O–H groups in total. The zero-order valence-electron chi connectivity index (χ0n) is 16.2. The minimum absolute atomic E-state index is 0.0801. The fourth-order valence-corrected chi connectivity index (χ4v) is 4.26. The highest BCUT2D eigenvalue weighted by Crippen LogP contribution is 2.35. The number of carbonyl (C=O) groups excluding carboxylic acids is 2. The van der Waals surface area contributed by atoms with Gasteiger partial charge < -0.3 is 21.1 Å². The molecular weight excluding hydrogens is 426 g/mol. The van der Waals surface area contributed by atoms with Crippen LogP contribution < -0.4 is 16.0 Å². The van der Waals surface area contributed by atoms with Gasteiger partial charge in [0, 0.05) is 30.1 Å². The van der Waals surface area contributed by atoms with Crippen molar-refractivity contribution in [2.75, 3.05) is 17.2 Å². The number of thiazole rings is 2. The zero-order chi connectivity index (χ0) is 21.7. The molecule has 3 aromatic rings. The van der Waals surface area contributed by atoms with Crippen LogP contribution in [0.3, 0.4) is 0 Å². The normalized spacial score (nSPS) is 10.5. The number of hydrogen-bond donors (Lipinski definition) is 4. The van der Waals surface area contributed by atoms with Crippen molar-refractivity contribution in [2.24, 2.45) is 0 Å². The van der Waals surface area contributed by atoms with Gasteiger partial charge in [-0.05, 0) is 31.2 Å². The van der Waals surface area contributed by atoms with Crippen molar-refractivity contribution < 1.29 is 19.5 Å². The lowest BCUT2D eigenvalue weighted by Gasteiger charge is -2.06. The summed E-state index contributed by atoms with van der Waals surface area (Å²) in [5, 5.41) is 20.2. The summed E-state index contributed by atoms with van der Waals surface area (Å²) in [5.74, 6) is -1.46. The number of nitrogens with zero attached hydrogens (tertiary/aromatic N) is 2. The molecule has 0 fully saturated rings. The van der Waals surface area contributed by atoms with Crippen LogP contribution in [0.1, 0.15) is 29.4 Å². The van der Waals surface area contributed by atoms with Crippen LogP contribution in [0.4, 0.5) is 16.0 Å². The van der Waals surface area contributed by atoms with E-state index in [4.69, 9.17) is 5.11 Å². The molecule has 0 aliphatic rings. The van der Waals surface area contributed by atoms with Crippen molar-refractivity contribution in [1.82, 2.24) is 15.3 Å². The Bertz CT molecular complexity index is 1080. The fourth-order valence-electron chi connectivity index (χ4n) is 2.49. The van der Waals surface area contributed by atoms with Gasteiger partial charge >= 0.3 is 5.97 Å². The molecule has 1 aromatic carbocycles. The van der Waals surface area contributed by atoms with Crippen molar-refractivity contribution in [1.29, 1.82) is 0 Å². The Morgan fingerprint density at radius 3 is 2.50 bits per heavy atom. The number of hydrogen-bond acceptors (Lipinski definition) is 8. The van der Waals surface area contributed by atoms with Crippen LogP contribution in [0.5, 0.6) is 0 Å². The van der Waals surface area contributed by atoms with E-state index in [9.17, 15) is 14.4 Å². The van der Waals surface area contributed by atoms with Gasteiger partial charge in [0.15, 0.2) is 10.3 Å². The van der Waals surface area contributed by atoms with E-state index < -0.39 is 5.97 Å². The Morgan fingerprint density at radius 1 is 1.10 bits per heavy atom. The average molecular weight is 446 g/mol. The highest BCUT2D eigenvalue weighted by atomic mass is 32.1. The number of benzene rings is 1. The highest BCUT2D eigenvalue weighted by Gasteiger charge is 2.14. The Kier molecular flexibility index (Phi) is 6.75. The van der Waals surface area contributed by atoms with Gasteiger partial charge in [-0.25, -0.2) is 9.97 Å². The molecule has 0 radical (unpaired) electrons. The molecule has 0 atom stereocenters. The zero-order valence-corrected chi connectivity index (χ0v) is 17.8. The van der Waals surface area contributed by atoms with Crippen LogP contribution in [-0.4, -0.2) is 39.4 Å². The summed E-state index contributed by atoms with van der Waals surface area (Å²) in [5.41, 5.74) is 2.76. The van der Waals surface area contributed by atoms with Crippen LogP contribution in [-0.2, 0) is 9.59 Å². The number of nitrogens with one attached hydrogen (secondary N) is 3. The molecule has 2 amide bonds. The van der Waals surface area contributed by atoms with Gasteiger partial charge in [0.1, 0.15) is 0 Å². The molecule has 0 aliphatic heterocycles. The van der Waals surface area contributed by atoms with E-state index in [-0.39, 0.29) is 24.8 Å². The first kappa shape index (κ1) is 21.4. The Morgan fingerprint density at radius 2 is 1.83 bits per heavy atom. The smallest absolute Gasteiger partial charge is 0.305 e. The Labute approximate surface area is 180 Å². The first-order valence-corrected chi connectivity index (χ1v) is 10.6. The van der Waals surface area contributed by atoms with Gasteiger partial charge in [0.05, 0.1) is 22.7 Å². The van der Waals surface area contributed by atoms with Gasteiger partial charge in [-0.3, -0.25) is 14.4 Å². The van der Waals surface area contributed by atoms with E-state index in [1.165, 1.54) is 29.6 Å². The largest absolute Gasteiger partial charge is 0.481 e. The maximum absolute atomic E-state index is 12.0. The molecule has 0 unspecified atom stereocenters. The third-order valence-electron chi connectivity index (χ3n) is 3.84. The van der Waals surface area contributed by atoms with Crippen molar-refractivity contribution in [3.05, 3.63) is 40.9 Å². The number of carboxylic acid groups (broad SMARTS) is 1. The maximum atomic E-state index is 12.0. The van der Waals surface area contributed by atoms with Gasteiger partial charge in [-0.15, -0.1) is 11.3 Å². The third kappa shape index (κ3) is 5.61. The highest BCUT2D eigenvalue weighted by molar-refractivity contribution is 7.20. The van der Waals surface area contributed by atoms with E-state index in [1.807, 2.05) is 12.3 Å². The topological polar surface area (TPSA) is 133 Å². The fraction of sp³-hybridized carbons (Fsp3) is 0.211. The summed E-state index contributed by atoms with van der Waals surface area (Å²) in [6, 6.07) is 6.81. The summed E-state index contributed by atoms with van der Waals surface area (Å²) in [4.78, 5) is 43.5. The Balaban J connectivity index is 1.63. The lowest BCUT2D eigenvalue weighted by atomic mass is 10.2. The first-order valence-electron chi connectivity index (χ1n) is 8.90. The van der Waals surface area contributed by atoms with Crippen LogP contribution in [0, 0.1) is 6.92 Å². The number of carbonyl (C=O) groups is 3. The number of aromatic nitrogens is 2. The summed E-state index contributed by atoms with van der Waals surface area (Å²) < 4.78 is 0. The number of aryl methyl sites for hydroxylation is 1. The summed E-state index contributed by atoms with van der Waals surface area (Å²) in [6.07, 6.45) is -0.122. The summed E-state index contributed by atoms with van der Waals surface area (Å²) >= 11 is 2.80. The molecule has 3 rings (SSSR count). The predicted octanol–water partition coefficient (Wildman–Crippen LogP) is 3.48. The second-order valence-corrected chi connectivity index (χ2v) is 8.11. The number of aliphatic carboxylic acids is 1. The van der Waals surface area contributed by atoms with Crippen molar-refractivity contribution in [2.45, 2.75) is 20.3 Å². The molecule has 0 saturated carbocycles. The lowest BCUT2D eigenvalue weighted by Crippen LogP contribution is -2.25. The van der Waals surface area contributed by atoms with E-state index in [1.54, 1.807) is 24.3 Å². The predicted molar refractivity (Wildman–Crippen MR) is 117 cm³/mol. The minimum atomic E-state index is -0.961. The molecule has 0 bridgehead atoms. The third-order valence-corrected chi connectivity index (χ3v) is 5.69. The van der Waals surface area contributed by atoms with Gasteiger partial charge in [0.2, 0.25) is 5.91 Å². The van der Waals surface area contributed by atoms with Crippen LogP contribution in [0.15, 0.2) is 29.6 Å². The van der Waals surface area contributed by atoms with E-state index in [0.29, 0.717) is 15.8 Å². The standard InChI is InChI=1S/C19H19N5O4S2/c1-10-16(30-19(21-10)22-11(2)25)14-9-29-18(24-14)23-13-5-3-12(4-6-13)17(28)20-8-7-15(26)27/h3-6,9H,7-8H2,1-2H3,(H,20,28)(H,23,24)(H,26,27)(H,21,22,25).